The van der Waals surface area contributed by atoms with Gasteiger partial charge in [-0.25, -0.2) is 4.98 Å². The number of carbonyl (C=O) groups is 1. The average molecular weight is 326 g/mol. The van der Waals surface area contributed by atoms with Gasteiger partial charge in [-0.1, -0.05) is 6.07 Å². The number of amides is 1. The molecule has 1 N–H and O–H groups in total. The molecule has 1 amide bonds. The Morgan fingerprint density at radius 2 is 2.35 bits per heavy atom. The quantitative estimate of drug-likeness (QED) is 0.805. The summed E-state index contributed by atoms with van der Waals surface area (Å²) in [4.78, 5) is 20.3. The van der Waals surface area contributed by atoms with Crippen LogP contribution in [0.1, 0.15) is 29.3 Å². The zero-order valence-corrected chi connectivity index (χ0v) is 13.6. The third-order valence-electron chi connectivity index (χ3n) is 4.42. The van der Waals surface area contributed by atoms with Crippen molar-refractivity contribution >= 4 is 28.3 Å². The van der Waals surface area contributed by atoms with Crippen LogP contribution in [-0.4, -0.2) is 39.1 Å². The van der Waals surface area contributed by atoms with Crippen LogP contribution in [0.3, 0.4) is 0 Å². The molecule has 0 unspecified atom stereocenters. The molecule has 0 aromatic carbocycles. The molecule has 5 nitrogen and oxygen atoms in total. The first-order valence-electron chi connectivity index (χ1n) is 7.90. The molecular weight excluding hydrogens is 308 g/mol. The summed E-state index contributed by atoms with van der Waals surface area (Å²) in [5.74, 6) is 0.531. The zero-order valence-electron chi connectivity index (χ0n) is 12.7. The predicted octanol–water partition coefficient (Wildman–Crippen LogP) is 2.97. The Morgan fingerprint density at radius 3 is 3.22 bits per heavy atom. The first-order valence-corrected chi connectivity index (χ1v) is 8.78. The summed E-state index contributed by atoms with van der Waals surface area (Å²) in [6.45, 7) is 1.61. The van der Waals surface area contributed by atoms with Gasteiger partial charge in [0.25, 0.3) is 0 Å². The lowest BCUT2D eigenvalue weighted by Gasteiger charge is -2.32. The minimum Gasteiger partial charge on any atom is -0.342 e. The first-order chi connectivity index (χ1) is 11.3. The third kappa shape index (κ3) is 2.99. The molecule has 1 atom stereocenters. The van der Waals surface area contributed by atoms with Gasteiger partial charge in [0.1, 0.15) is 0 Å². The Balaban J connectivity index is 1.48. The smallest absolute Gasteiger partial charge is 0.227 e. The van der Waals surface area contributed by atoms with Gasteiger partial charge in [0.15, 0.2) is 5.65 Å². The highest BCUT2D eigenvalue weighted by Gasteiger charge is 2.26. The van der Waals surface area contributed by atoms with Crippen molar-refractivity contribution in [2.24, 2.45) is 0 Å². The van der Waals surface area contributed by atoms with E-state index in [0.29, 0.717) is 12.3 Å². The van der Waals surface area contributed by atoms with Crippen molar-refractivity contribution < 1.29 is 4.79 Å². The van der Waals surface area contributed by atoms with E-state index in [1.165, 1.54) is 0 Å². The minimum atomic E-state index is 0.222. The highest BCUT2D eigenvalue weighted by atomic mass is 32.1. The van der Waals surface area contributed by atoms with E-state index < -0.39 is 0 Å². The van der Waals surface area contributed by atoms with Crippen molar-refractivity contribution in [1.29, 1.82) is 0 Å². The van der Waals surface area contributed by atoms with E-state index >= 15 is 0 Å². The second-order valence-electron chi connectivity index (χ2n) is 5.98. The fourth-order valence-corrected chi connectivity index (χ4v) is 3.88. The fourth-order valence-electron chi connectivity index (χ4n) is 3.19. The number of likely N-dealkylation sites (tertiary alicyclic amines) is 1. The Labute approximate surface area is 138 Å². The topological polar surface area (TPSA) is 61.9 Å². The molecule has 1 aliphatic rings. The number of H-pyrrole nitrogens is 1. The second kappa shape index (κ2) is 6.12. The number of nitrogens with one attached hydrogen (secondary N) is 1. The number of fused-ring (bicyclic) bond motifs is 1. The van der Waals surface area contributed by atoms with E-state index in [-0.39, 0.29) is 5.91 Å². The maximum absolute atomic E-state index is 12.5. The van der Waals surface area contributed by atoms with Crippen LogP contribution in [-0.2, 0) is 11.2 Å². The fraction of sp³-hybridized carbons (Fsp3) is 0.353. The van der Waals surface area contributed by atoms with Gasteiger partial charge < -0.3 is 4.90 Å². The van der Waals surface area contributed by atoms with Crippen LogP contribution in [0.25, 0.3) is 11.0 Å². The van der Waals surface area contributed by atoms with Crippen LogP contribution in [0.5, 0.6) is 0 Å². The maximum atomic E-state index is 12.5. The Kier molecular flexibility index (Phi) is 3.83. The molecule has 23 heavy (non-hydrogen) atoms. The maximum Gasteiger partial charge on any atom is 0.227 e. The van der Waals surface area contributed by atoms with Crippen molar-refractivity contribution in [2.45, 2.75) is 25.2 Å². The average Bonchev–Trinajstić information content (AvgIpc) is 3.25. The molecule has 1 saturated heterocycles. The van der Waals surface area contributed by atoms with Gasteiger partial charge in [0.05, 0.1) is 12.6 Å². The monoisotopic (exact) mass is 326 g/mol. The summed E-state index contributed by atoms with van der Waals surface area (Å²) in [6.07, 6.45) is 4.40. The lowest BCUT2D eigenvalue weighted by atomic mass is 9.94. The van der Waals surface area contributed by atoms with Crippen LogP contribution in [0.2, 0.25) is 0 Å². The van der Waals surface area contributed by atoms with E-state index in [4.69, 9.17) is 0 Å². The molecule has 3 aromatic rings. The Morgan fingerprint density at radius 1 is 1.39 bits per heavy atom. The van der Waals surface area contributed by atoms with Crippen molar-refractivity contribution in [3.63, 3.8) is 0 Å². The van der Waals surface area contributed by atoms with Crippen LogP contribution in [0, 0.1) is 0 Å². The normalized spacial score (nSPS) is 18.4. The number of carbonyl (C=O) groups excluding carboxylic acids is 1. The van der Waals surface area contributed by atoms with Crippen LogP contribution in [0.15, 0.2) is 35.8 Å². The molecule has 0 radical (unpaired) electrons. The molecule has 3 aromatic heterocycles. The lowest BCUT2D eigenvalue weighted by Crippen LogP contribution is -2.40. The van der Waals surface area contributed by atoms with Gasteiger partial charge in [-0.2, -0.15) is 5.10 Å². The number of nitrogens with zero attached hydrogens (tertiary/aromatic N) is 3. The molecular formula is C17H18N4OS. The first kappa shape index (κ1) is 14.4. The molecule has 6 heteroatoms. The van der Waals surface area contributed by atoms with E-state index in [1.54, 1.807) is 17.5 Å². The number of aromatic amines is 1. The zero-order chi connectivity index (χ0) is 15.6. The number of aromatic nitrogens is 3. The summed E-state index contributed by atoms with van der Waals surface area (Å²) in [6, 6.07) is 8.14. The van der Waals surface area contributed by atoms with Crippen LogP contribution < -0.4 is 0 Å². The van der Waals surface area contributed by atoms with E-state index in [9.17, 15) is 4.79 Å². The highest BCUT2D eigenvalue weighted by molar-refractivity contribution is 7.10. The summed E-state index contributed by atoms with van der Waals surface area (Å²) >= 11 is 1.64. The Hall–Kier alpha value is -2.21. The molecule has 4 heterocycles. The standard InChI is InChI=1S/C17H18N4OS/c22-16(9-14-4-2-8-23-14)21-7-1-3-13(11-21)15-6-5-12-10-18-20-17(12)19-15/h2,4-6,8,10,13H,1,3,7,9,11H2,(H,18,19,20)/t13-/m0/s1. The number of rotatable bonds is 3. The Bertz CT molecular complexity index is 811. The SMILES string of the molecule is O=C(Cc1cccs1)N1CCC[C@H](c2ccc3cn[nH]c3n2)C1. The summed E-state index contributed by atoms with van der Waals surface area (Å²) in [5, 5.41) is 9.99. The number of hydrogen-bond acceptors (Lipinski definition) is 4. The molecule has 4 rings (SSSR count). The second-order valence-corrected chi connectivity index (χ2v) is 7.01. The summed E-state index contributed by atoms with van der Waals surface area (Å²) in [5.41, 5.74) is 1.87. The van der Waals surface area contributed by atoms with Gasteiger partial charge in [-0.15, -0.1) is 11.3 Å². The molecule has 0 bridgehead atoms. The van der Waals surface area contributed by atoms with Crippen molar-refractivity contribution in [3.05, 3.63) is 46.4 Å². The van der Waals surface area contributed by atoms with Gasteiger partial charge in [-0.05, 0) is 36.4 Å². The van der Waals surface area contributed by atoms with Crippen molar-refractivity contribution in [3.8, 4) is 0 Å². The van der Waals surface area contributed by atoms with Gasteiger partial charge in [0.2, 0.25) is 5.91 Å². The van der Waals surface area contributed by atoms with E-state index in [1.807, 2.05) is 28.5 Å². The number of hydrogen-bond donors (Lipinski definition) is 1. The predicted molar refractivity (Wildman–Crippen MR) is 90.5 cm³/mol. The van der Waals surface area contributed by atoms with Crippen LogP contribution >= 0.6 is 11.3 Å². The molecule has 1 aliphatic heterocycles. The van der Waals surface area contributed by atoms with Gasteiger partial charge in [0, 0.05) is 35.0 Å². The molecule has 0 saturated carbocycles. The van der Waals surface area contributed by atoms with Gasteiger partial charge >= 0.3 is 0 Å². The number of thiophene rings is 1. The lowest BCUT2D eigenvalue weighted by molar-refractivity contribution is -0.131. The molecule has 0 spiro atoms. The molecule has 0 aliphatic carbocycles. The minimum absolute atomic E-state index is 0.222. The highest BCUT2D eigenvalue weighted by Crippen LogP contribution is 2.27. The number of piperidine rings is 1. The van der Waals surface area contributed by atoms with Crippen molar-refractivity contribution in [1.82, 2.24) is 20.1 Å². The summed E-state index contributed by atoms with van der Waals surface area (Å²) < 4.78 is 0. The number of pyridine rings is 1. The van der Waals surface area contributed by atoms with Crippen molar-refractivity contribution in [2.75, 3.05) is 13.1 Å². The summed E-state index contributed by atoms with van der Waals surface area (Å²) in [7, 11) is 0. The van der Waals surface area contributed by atoms with E-state index in [2.05, 4.69) is 21.2 Å². The largest absolute Gasteiger partial charge is 0.342 e. The third-order valence-corrected chi connectivity index (χ3v) is 5.30. The van der Waals surface area contributed by atoms with E-state index in [0.717, 1.165) is 47.5 Å². The molecule has 1 fully saturated rings. The van der Waals surface area contributed by atoms with Gasteiger partial charge in [-0.3, -0.25) is 9.89 Å². The van der Waals surface area contributed by atoms with Crippen LogP contribution in [0.4, 0.5) is 0 Å². The molecule has 118 valence electrons.